The number of hydrogen-bond donors (Lipinski definition) is 0. The second kappa shape index (κ2) is 6.69. The van der Waals surface area contributed by atoms with Crippen LogP contribution >= 0.6 is 0 Å². The Labute approximate surface area is 146 Å². The van der Waals surface area contributed by atoms with E-state index >= 15 is 0 Å². The molecule has 0 bridgehead atoms. The Morgan fingerprint density at radius 3 is 2.32 bits per heavy atom. The summed E-state index contributed by atoms with van der Waals surface area (Å²) in [6.45, 7) is 4.86. The second-order valence-corrected chi connectivity index (χ2v) is 9.31. The summed E-state index contributed by atoms with van der Waals surface area (Å²) >= 11 is 0. The van der Waals surface area contributed by atoms with Crippen LogP contribution in [0.2, 0.25) is 0 Å². The number of amides is 2. The highest BCUT2D eigenvalue weighted by Crippen LogP contribution is 2.31. The maximum Gasteiger partial charge on any atom is 0.410 e. The zero-order valence-corrected chi connectivity index (χ0v) is 15.4. The summed E-state index contributed by atoms with van der Waals surface area (Å²) < 4.78 is 55.1. The Kier molecular flexibility index (Phi) is 5.32. The molecule has 1 atom stereocenters. The number of alkyl halides is 1. The molecule has 2 saturated heterocycles. The molecule has 0 radical (unpaired) electrons. The van der Waals surface area contributed by atoms with Crippen LogP contribution in [-0.4, -0.2) is 72.9 Å². The molecule has 0 aromatic heterocycles. The number of likely N-dealkylation sites (tertiary alicyclic amines) is 2. The minimum Gasteiger partial charge on any atom is -0.444 e. The fraction of sp³-hybridized carbons (Fsp3) is 0.867. The first-order valence-corrected chi connectivity index (χ1v) is 9.62. The van der Waals surface area contributed by atoms with Gasteiger partial charge in [0.2, 0.25) is 5.91 Å². The number of carbonyl (C=O) groups excluding carboxylic acids is 2. The van der Waals surface area contributed by atoms with Gasteiger partial charge >= 0.3 is 16.3 Å². The molecule has 2 aliphatic heterocycles. The van der Waals surface area contributed by atoms with Gasteiger partial charge in [0.25, 0.3) is 0 Å². The van der Waals surface area contributed by atoms with Gasteiger partial charge in [-0.15, -0.1) is 3.89 Å². The van der Waals surface area contributed by atoms with E-state index in [9.17, 15) is 26.3 Å². The molecule has 2 amide bonds. The number of hydrogen-bond acceptors (Lipinski definition) is 5. The normalized spacial score (nSPS) is 24.5. The third-order valence-corrected chi connectivity index (χ3v) is 5.47. The Bertz CT molecular complexity index is 639. The molecule has 25 heavy (non-hydrogen) atoms. The van der Waals surface area contributed by atoms with E-state index in [0.29, 0.717) is 0 Å². The zero-order chi connectivity index (χ0) is 19.0. The summed E-state index contributed by atoms with van der Waals surface area (Å²) in [7, 11) is -4.82. The highest BCUT2D eigenvalue weighted by Gasteiger charge is 2.44. The molecule has 0 N–H and O–H groups in total. The number of halogens is 2. The molecule has 0 saturated carbocycles. The molecule has 2 heterocycles. The van der Waals surface area contributed by atoms with Crippen LogP contribution in [0.4, 0.5) is 13.1 Å². The summed E-state index contributed by atoms with van der Waals surface area (Å²) in [5, 5.41) is -1.43. The molecule has 0 spiro atoms. The van der Waals surface area contributed by atoms with E-state index in [1.165, 1.54) is 4.90 Å². The Morgan fingerprint density at radius 1 is 1.32 bits per heavy atom. The Hall–Kier alpha value is -1.45. The molecule has 1 unspecified atom stereocenters. The molecule has 0 aromatic carbocycles. The molecule has 144 valence electrons. The van der Waals surface area contributed by atoms with Crippen molar-refractivity contribution in [2.24, 2.45) is 0 Å². The van der Waals surface area contributed by atoms with E-state index in [0.717, 1.165) is 4.90 Å². The van der Waals surface area contributed by atoms with Crippen molar-refractivity contribution >= 4 is 22.2 Å². The van der Waals surface area contributed by atoms with Gasteiger partial charge in [0.1, 0.15) is 16.5 Å². The molecular formula is C15H24F2N2O5S. The molecule has 0 aromatic rings. The van der Waals surface area contributed by atoms with Gasteiger partial charge in [0, 0.05) is 38.9 Å². The van der Waals surface area contributed by atoms with Crippen molar-refractivity contribution in [1.29, 1.82) is 0 Å². The summed E-state index contributed by atoms with van der Waals surface area (Å²) in [6.07, 6.45) is -0.971. The SMILES string of the molecule is CC(C)(C)OC(=O)N1CCC(F)(CN2CC(S(=O)(=O)F)CC2=O)CC1. The predicted molar refractivity (Wildman–Crippen MR) is 85.9 cm³/mol. The molecule has 2 aliphatic rings. The van der Waals surface area contributed by atoms with Crippen LogP contribution in [-0.2, 0) is 19.8 Å². The van der Waals surface area contributed by atoms with Gasteiger partial charge in [-0.25, -0.2) is 9.18 Å². The maximum atomic E-state index is 15.0. The lowest BCUT2D eigenvalue weighted by Gasteiger charge is -2.38. The largest absolute Gasteiger partial charge is 0.444 e. The molecule has 7 nitrogen and oxygen atoms in total. The predicted octanol–water partition coefficient (Wildman–Crippen LogP) is 1.63. The van der Waals surface area contributed by atoms with Crippen LogP contribution in [0.5, 0.6) is 0 Å². The minimum atomic E-state index is -4.82. The number of carbonyl (C=O) groups is 2. The van der Waals surface area contributed by atoms with Crippen LogP contribution in [0.15, 0.2) is 0 Å². The molecule has 2 rings (SSSR count). The lowest BCUT2D eigenvalue weighted by atomic mass is 9.93. The standard InChI is InChI=1S/C15H24F2N2O5S/c1-14(2,3)24-13(21)18-6-4-15(16,5-7-18)10-19-9-11(8-12(19)20)25(17,22)23/h11H,4-10H2,1-3H3. The first kappa shape index (κ1) is 19.9. The third-order valence-electron chi connectivity index (χ3n) is 4.36. The van der Waals surface area contributed by atoms with Crippen LogP contribution in [0, 0.1) is 0 Å². The average molecular weight is 382 g/mol. The summed E-state index contributed by atoms with van der Waals surface area (Å²) in [5.74, 6) is -0.571. The fourth-order valence-electron chi connectivity index (χ4n) is 2.99. The van der Waals surface area contributed by atoms with E-state index in [1.807, 2.05) is 0 Å². The van der Waals surface area contributed by atoms with E-state index in [2.05, 4.69) is 0 Å². The van der Waals surface area contributed by atoms with Crippen molar-refractivity contribution in [1.82, 2.24) is 9.80 Å². The number of rotatable bonds is 3. The second-order valence-electron chi connectivity index (χ2n) is 7.69. The lowest BCUT2D eigenvalue weighted by molar-refractivity contribution is -0.130. The maximum absolute atomic E-state index is 15.0. The highest BCUT2D eigenvalue weighted by molar-refractivity contribution is 7.87. The molecule has 0 aliphatic carbocycles. The average Bonchev–Trinajstić information content (AvgIpc) is 2.78. The van der Waals surface area contributed by atoms with Gasteiger partial charge in [-0.2, -0.15) is 8.42 Å². The summed E-state index contributed by atoms with van der Waals surface area (Å²) in [5.41, 5.74) is -2.38. The quantitative estimate of drug-likeness (QED) is 0.693. The van der Waals surface area contributed by atoms with Gasteiger partial charge in [-0.05, 0) is 20.8 Å². The minimum absolute atomic E-state index is 0.00304. The van der Waals surface area contributed by atoms with Gasteiger partial charge < -0.3 is 14.5 Å². The summed E-state index contributed by atoms with van der Waals surface area (Å²) in [4.78, 5) is 26.3. The monoisotopic (exact) mass is 382 g/mol. The van der Waals surface area contributed by atoms with Crippen LogP contribution < -0.4 is 0 Å². The van der Waals surface area contributed by atoms with Gasteiger partial charge in [-0.1, -0.05) is 0 Å². The van der Waals surface area contributed by atoms with Crippen molar-refractivity contribution in [2.75, 3.05) is 26.2 Å². The van der Waals surface area contributed by atoms with Gasteiger partial charge in [-0.3, -0.25) is 4.79 Å². The van der Waals surface area contributed by atoms with E-state index in [4.69, 9.17) is 4.74 Å². The van der Waals surface area contributed by atoms with Crippen molar-refractivity contribution < 1.29 is 31.0 Å². The topological polar surface area (TPSA) is 84.0 Å². The van der Waals surface area contributed by atoms with Gasteiger partial charge in [0.05, 0.1) is 6.54 Å². The van der Waals surface area contributed by atoms with Crippen molar-refractivity contribution in [2.45, 2.75) is 56.6 Å². The Balaban J connectivity index is 1.91. The van der Waals surface area contributed by atoms with Gasteiger partial charge in [0.15, 0.2) is 0 Å². The number of nitrogens with zero attached hydrogens (tertiary/aromatic N) is 2. The lowest BCUT2D eigenvalue weighted by Crippen LogP contribution is -2.51. The smallest absolute Gasteiger partial charge is 0.410 e. The Morgan fingerprint density at radius 2 is 1.88 bits per heavy atom. The summed E-state index contributed by atoms with van der Waals surface area (Å²) in [6, 6.07) is 0. The van der Waals surface area contributed by atoms with E-state index in [-0.39, 0.29) is 39.0 Å². The van der Waals surface area contributed by atoms with Crippen LogP contribution in [0.25, 0.3) is 0 Å². The third kappa shape index (κ3) is 5.26. The zero-order valence-electron chi connectivity index (χ0n) is 14.6. The fourth-order valence-corrected chi connectivity index (χ4v) is 3.69. The van der Waals surface area contributed by atoms with Crippen LogP contribution in [0.1, 0.15) is 40.0 Å². The van der Waals surface area contributed by atoms with E-state index in [1.54, 1.807) is 20.8 Å². The van der Waals surface area contributed by atoms with Crippen LogP contribution in [0.3, 0.4) is 0 Å². The number of piperidine rings is 1. The van der Waals surface area contributed by atoms with E-state index < -0.39 is 45.2 Å². The van der Waals surface area contributed by atoms with Crippen molar-refractivity contribution in [3.63, 3.8) is 0 Å². The molecular weight excluding hydrogens is 358 g/mol. The van der Waals surface area contributed by atoms with Crippen molar-refractivity contribution in [3.8, 4) is 0 Å². The first-order valence-electron chi connectivity index (χ1n) is 8.17. The number of ether oxygens (including phenoxy) is 1. The first-order chi connectivity index (χ1) is 11.3. The van der Waals surface area contributed by atoms with Crippen molar-refractivity contribution in [3.05, 3.63) is 0 Å². The molecule has 2 fully saturated rings. The molecule has 10 heteroatoms. The highest BCUT2D eigenvalue weighted by atomic mass is 32.3.